The maximum absolute atomic E-state index is 4.70. The molecule has 2 aromatic carbocycles. The van der Waals surface area contributed by atoms with Gasteiger partial charge in [0.15, 0.2) is 0 Å². The molecule has 1 heterocycles. The van der Waals surface area contributed by atoms with Gasteiger partial charge in [-0.2, -0.15) is 0 Å². The summed E-state index contributed by atoms with van der Waals surface area (Å²) in [4.78, 5) is 8.13. The Labute approximate surface area is 126 Å². The maximum Gasteiger partial charge on any atom is 0.114 e. The van der Waals surface area contributed by atoms with Crippen LogP contribution in [0, 0.1) is 5.92 Å². The molecule has 0 saturated carbocycles. The van der Waals surface area contributed by atoms with Gasteiger partial charge in [0, 0.05) is 5.92 Å². The molecule has 108 valence electrons. The number of aromatic nitrogens is 2. The van der Waals surface area contributed by atoms with Gasteiger partial charge in [0.1, 0.15) is 5.82 Å². The Morgan fingerprint density at radius 1 is 0.952 bits per heavy atom. The van der Waals surface area contributed by atoms with Gasteiger partial charge in [-0.1, -0.05) is 57.2 Å². The number of H-pyrrole nitrogens is 1. The summed E-state index contributed by atoms with van der Waals surface area (Å²) in [5, 5.41) is 0. The van der Waals surface area contributed by atoms with Crippen LogP contribution in [0.1, 0.15) is 43.6 Å². The Morgan fingerprint density at radius 3 is 2.33 bits per heavy atom. The zero-order chi connectivity index (χ0) is 14.8. The zero-order valence-electron chi connectivity index (χ0n) is 12.9. The smallest absolute Gasteiger partial charge is 0.114 e. The number of fused-ring (bicyclic) bond motifs is 1. The van der Waals surface area contributed by atoms with Crippen molar-refractivity contribution in [2.45, 2.75) is 33.1 Å². The first-order valence-electron chi connectivity index (χ1n) is 7.67. The van der Waals surface area contributed by atoms with Crippen molar-refractivity contribution >= 4 is 11.0 Å². The van der Waals surface area contributed by atoms with Crippen LogP contribution in [0.5, 0.6) is 0 Å². The standard InChI is InChI=1S/C19H22N2/c1-13(2)12-15-8-10-16(11-9-15)14(3)19-20-17-6-4-5-7-18(17)21-19/h4-11,13-14H,12H2,1-3H3,(H,20,21)/t14-/m1/s1. The highest BCUT2D eigenvalue weighted by molar-refractivity contribution is 5.74. The number of hydrogen-bond acceptors (Lipinski definition) is 1. The molecule has 0 aliphatic rings. The number of benzene rings is 2. The third kappa shape index (κ3) is 2.99. The molecule has 0 fully saturated rings. The van der Waals surface area contributed by atoms with E-state index in [0.717, 1.165) is 23.3 Å². The number of imidazole rings is 1. The molecule has 0 amide bonds. The van der Waals surface area contributed by atoms with Crippen molar-refractivity contribution in [1.29, 1.82) is 0 Å². The third-order valence-electron chi connectivity index (χ3n) is 3.94. The molecule has 0 unspecified atom stereocenters. The van der Waals surface area contributed by atoms with Crippen molar-refractivity contribution < 1.29 is 0 Å². The molecule has 1 N–H and O–H groups in total. The minimum Gasteiger partial charge on any atom is -0.341 e. The molecule has 0 spiro atoms. The highest BCUT2D eigenvalue weighted by Crippen LogP contribution is 2.24. The van der Waals surface area contributed by atoms with E-state index in [1.54, 1.807) is 0 Å². The molecular weight excluding hydrogens is 256 g/mol. The summed E-state index contributed by atoms with van der Waals surface area (Å²) >= 11 is 0. The third-order valence-corrected chi connectivity index (χ3v) is 3.94. The monoisotopic (exact) mass is 278 g/mol. The highest BCUT2D eigenvalue weighted by atomic mass is 14.9. The van der Waals surface area contributed by atoms with Gasteiger partial charge in [-0.05, 0) is 35.6 Å². The quantitative estimate of drug-likeness (QED) is 0.721. The molecule has 0 bridgehead atoms. The molecular formula is C19H22N2. The van der Waals surface area contributed by atoms with Crippen molar-refractivity contribution in [3.8, 4) is 0 Å². The molecule has 1 atom stereocenters. The first kappa shape index (κ1) is 13.9. The van der Waals surface area contributed by atoms with E-state index in [9.17, 15) is 0 Å². The lowest BCUT2D eigenvalue weighted by Crippen LogP contribution is -1.99. The molecule has 0 aliphatic carbocycles. The summed E-state index contributed by atoms with van der Waals surface area (Å²) in [5.74, 6) is 2.02. The van der Waals surface area contributed by atoms with E-state index in [-0.39, 0.29) is 5.92 Å². The fourth-order valence-electron chi connectivity index (χ4n) is 2.75. The summed E-state index contributed by atoms with van der Waals surface area (Å²) in [6, 6.07) is 17.1. The van der Waals surface area contributed by atoms with Gasteiger partial charge in [0.25, 0.3) is 0 Å². The molecule has 3 aromatic rings. The Kier molecular flexibility index (Phi) is 3.78. The number of rotatable bonds is 4. The van der Waals surface area contributed by atoms with E-state index in [0.29, 0.717) is 5.92 Å². The van der Waals surface area contributed by atoms with Gasteiger partial charge in [0.05, 0.1) is 11.0 Å². The lowest BCUT2D eigenvalue weighted by atomic mass is 9.96. The van der Waals surface area contributed by atoms with Crippen molar-refractivity contribution in [2.24, 2.45) is 5.92 Å². The molecule has 21 heavy (non-hydrogen) atoms. The zero-order valence-corrected chi connectivity index (χ0v) is 12.9. The molecule has 3 rings (SSSR count). The number of nitrogens with zero attached hydrogens (tertiary/aromatic N) is 1. The maximum atomic E-state index is 4.70. The number of nitrogens with one attached hydrogen (secondary N) is 1. The first-order valence-corrected chi connectivity index (χ1v) is 7.67. The first-order chi connectivity index (χ1) is 10.1. The van der Waals surface area contributed by atoms with Crippen LogP contribution in [-0.4, -0.2) is 9.97 Å². The largest absolute Gasteiger partial charge is 0.341 e. The van der Waals surface area contributed by atoms with Gasteiger partial charge in [0.2, 0.25) is 0 Å². The molecule has 2 nitrogen and oxygen atoms in total. The van der Waals surface area contributed by atoms with Gasteiger partial charge in [-0.15, -0.1) is 0 Å². The van der Waals surface area contributed by atoms with E-state index in [2.05, 4.69) is 56.1 Å². The van der Waals surface area contributed by atoms with Crippen molar-refractivity contribution in [3.63, 3.8) is 0 Å². The van der Waals surface area contributed by atoms with Crippen LogP contribution in [0.3, 0.4) is 0 Å². The Hall–Kier alpha value is -2.09. The summed E-state index contributed by atoms with van der Waals surface area (Å²) < 4.78 is 0. The Balaban J connectivity index is 1.85. The highest BCUT2D eigenvalue weighted by Gasteiger charge is 2.13. The lowest BCUT2D eigenvalue weighted by molar-refractivity contribution is 0.647. The summed E-state index contributed by atoms with van der Waals surface area (Å²) in [6.07, 6.45) is 1.14. The fourth-order valence-corrected chi connectivity index (χ4v) is 2.75. The second-order valence-corrected chi connectivity index (χ2v) is 6.20. The van der Waals surface area contributed by atoms with E-state index >= 15 is 0 Å². The van der Waals surface area contributed by atoms with Crippen LogP contribution in [-0.2, 0) is 6.42 Å². The molecule has 0 radical (unpaired) electrons. The topological polar surface area (TPSA) is 28.7 Å². The summed E-state index contributed by atoms with van der Waals surface area (Å²) in [7, 11) is 0. The van der Waals surface area contributed by atoms with Crippen LogP contribution in [0.25, 0.3) is 11.0 Å². The second-order valence-electron chi connectivity index (χ2n) is 6.20. The minimum atomic E-state index is 0.283. The minimum absolute atomic E-state index is 0.283. The van der Waals surface area contributed by atoms with Gasteiger partial charge in [-0.25, -0.2) is 4.98 Å². The van der Waals surface area contributed by atoms with Crippen LogP contribution < -0.4 is 0 Å². The summed E-state index contributed by atoms with van der Waals surface area (Å²) in [5.41, 5.74) is 4.86. The predicted molar refractivity (Wildman–Crippen MR) is 88.6 cm³/mol. The van der Waals surface area contributed by atoms with E-state index in [1.165, 1.54) is 11.1 Å². The van der Waals surface area contributed by atoms with Crippen molar-refractivity contribution in [1.82, 2.24) is 9.97 Å². The molecule has 2 heteroatoms. The van der Waals surface area contributed by atoms with Crippen LogP contribution >= 0.6 is 0 Å². The Morgan fingerprint density at radius 2 is 1.67 bits per heavy atom. The molecule has 0 saturated heterocycles. The van der Waals surface area contributed by atoms with E-state index in [4.69, 9.17) is 4.98 Å². The average molecular weight is 278 g/mol. The Bertz CT molecular complexity index is 690. The van der Waals surface area contributed by atoms with Gasteiger partial charge < -0.3 is 4.98 Å². The predicted octanol–water partition coefficient (Wildman–Crippen LogP) is 4.91. The van der Waals surface area contributed by atoms with Crippen LogP contribution in [0.4, 0.5) is 0 Å². The number of hydrogen-bond donors (Lipinski definition) is 1. The van der Waals surface area contributed by atoms with Crippen molar-refractivity contribution in [2.75, 3.05) is 0 Å². The van der Waals surface area contributed by atoms with E-state index < -0.39 is 0 Å². The SMILES string of the molecule is CC(C)Cc1ccc([C@@H](C)c2nc3ccccc3[nH]2)cc1. The normalized spacial score (nSPS) is 13.0. The van der Waals surface area contributed by atoms with Gasteiger partial charge >= 0.3 is 0 Å². The average Bonchev–Trinajstić information content (AvgIpc) is 2.90. The van der Waals surface area contributed by atoms with E-state index in [1.807, 2.05) is 18.2 Å². The lowest BCUT2D eigenvalue weighted by Gasteiger charge is -2.11. The molecule has 0 aliphatic heterocycles. The summed E-state index contributed by atoms with van der Waals surface area (Å²) in [6.45, 7) is 6.71. The number of aromatic amines is 1. The second kappa shape index (κ2) is 5.72. The van der Waals surface area contributed by atoms with Crippen molar-refractivity contribution in [3.05, 3.63) is 65.5 Å². The van der Waals surface area contributed by atoms with Gasteiger partial charge in [-0.3, -0.25) is 0 Å². The van der Waals surface area contributed by atoms with Crippen LogP contribution in [0.2, 0.25) is 0 Å². The molecule has 1 aromatic heterocycles. The van der Waals surface area contributed by atoms with Crippen LogP contribution in [0.15, 0.2) is 48.5 Å². The number of para-hydroxylation sites is 2. The fraction of sp³-hybridized carbons (Fsp3) is 0.316.